The molecule has 0 unspecified atom stereocenters. The molecule has 1 aliphatic heterocycles. The van der Waals surface area contributed by atoms with Crippen molar-refractivity contribution in [3.63, 3.8) is 0 Å². The summed E-state index contributed by atoms with van der Waals surface area (Å²) in [5.74, 6) is -0.135. The first-order valence-electron chi connectivity index (χ1n) is 5.80. The summed E-state index contributed by atoms with van der Waals surface area (Å²) >= 11 is 0. The van der Waals surface area contributed by atoms with Gasteiger partial charge in [-0.2, -0.15) is 0 Å². The van der Waals surface area contributed by atoms with Crippen LogP contribution in [0.1, 0.15) is 22.3 Å². The number of hydrogen-bond acceptors (Lipinski definition) is 2. The van der Waals surface area contributed by atoms with E-state index in [9.17, 15) is 9.59 Å². The van der Waals surface area contributed by atoms with Crippen molar-refractivity contribution in [2.45, 2.75) is 13.3 Å². The van der Waals surface area contributed by atoms with Crippen LogP contribution in [0.15, 0.2) is 24.3 Å². The van der Waals surface area contributed by atoms with Crippen LogP contribution < -0.4 is 5.32 Å². The van der Waals surface area contributed by atoms with Gasteiger partial charge < -0.3 is 10.2 Å². The molecule has 1 fully saturated rings. The quantitative estimate of drug-likeness (QED) is 0.784. The second kappa shape index (κ2) is 4.99. The van der Waals surface area contributed by atoms with Gasteiger partial charge in [-0.25, -0.2) is 0 Å². The SMILES string of the molecule is Cc1ccccc1C(=O)N1CCCNC(=O)C1. The number of carbonyl (C=O) groups is 2. The van der Waals surface area contributed by atoms with E-state index in [0.29, 0.717) is 18.7 Å². The number of nitrogens with zero attached hydrogens (tertiary/aromatic N) is 1. The van der Waals surface area contributed by atoms with Crippen LogP contribution >= 0.6 is 0 Å². The highest BCUT2D eigenvalue weighted by Crippen LogP contribution is 2.11. The number of amides is 2. The largest absolute Gasteiger partial charge is 0.354 e. The first-order valence-corrected chi connectivity index (χ1v) is 5.80. The molecule has 1 saturated heterocycles. The van der Waals surface area contributed by atoms with Crippen LogP contribution in [0.3, 0.4) is 0 Å². The molecule has 2 rings (SSSR count). The van der Waals surface area contributed by atoms with Gasteiger partial charge in [0, 0.05) is 18.7 Å². The zero-order chi connectivity index (χ0) is 12.3. The van der Waals surface area contributed by atoms with Crippen LogP contribution in [0.25, 0.3) is 0 Å². The highest BCUT2D eigenvalue weighted by molar-refractivity contribution is 5.97. The number of aryl methyl sites for hydroxylation is 1. The summed E-state index contributed by atoms with van der Waals surface area (Å²) < 4.78 is 0. The monoisotopic (exact) mass is 232 g/mol. The standard InChI is InChI=1S/C13H16N2O2/c1-10-5-2-3-6-11(10)13(17)15-8-4-7-14-12(16)9-15/h2-3,5-6H,4,7-9H2,1H3,(H,14,16). The summed E-state index contributed by atoms with van der Waals surface area (Å²) in [6, 6.07) is 7.46. The van der Waals surface area contributed by atoms with Crippen molar-refractivity contribution < 1.29 is 9.59 Å². The van der Waals surface area contributed by atoms with Gasteiger partial charge in [-0.3, -0.25) is 9.59 Å². The Bertz CT molecular complexity index is 443. The van der Waals surface area contributed by atoms with Crippen LogP contribution in [0.4, 0.5) is 0 Å². The van der Waals surface area contributed by atoms with Crippen molar-refractivity contribution in [1.29, 1.82) is 0 Å². The van der Waals surface area contributed by atoms with Crippen LogP contribution in [0.2, 0.25) is 0 Å². The maximum atomic E-state index is 12.3. The normalized spacial score (nSPS) is 16.3. The first kappa shape index (κ1) is 11.6. The van der Waals surface area contributed by atoms with E-state index in [1.165, 1.54) is 0 Å². The topological polar surface area (TPSA) is 49.4 Å². The molecule has 0 atom stereocenters. The molecule has 0 aliphatic carbocycles. The van der Waals surface area contributed by atoms with Crippen LogP contribution in [-0.4, -0.2) is 36.3 Å². The lowest BCUT2D eigenvalue weighted by atomic mass is 10.1. The van der Waals surface area contributed by atoms with Crippen molar-refractivity contribution in [2.24, 2.45) is 0 Å². The molecule has 1 aromatic carbocycles. The van der Waals surface area contributed by atoms with Gasteiger partial charge in [-0.05, 0) is 25.0 Å². The lowest BCUT2D eigenvalue weighted by Gasteiger charge is -2.19. The third-order valence-corrected chi connectivity index (χ3v) is 2.92. The Morgan fingerprint density at radius 3 is 2.88 bits per heavy atom. The van der Waals surface area contributed by atoms with Gasteiger partial charge in [0.25, 0.3) is 5.91 Å². The van der Waals surface area contributed by atoms with Crippen molar-refractivity contribution >= 4 is 11.8 Å². The summed E-state index contributed by atoms with van der Waals surface area (Å²) in [4.78, 5) is 25.3. The van der Waals surface area contributed by atoms with E-state index >= 15 is 0 Å². The van der Waals surface area contributed by atoms with Crippen LogP contribution in [0, 0.1) is 6.92 Å². The van der Waals surface area contributed by atoms with Gasteiger partial charge in [0.15, 0.2) is 0 Å². The van der Waals surface area contributed by atoms with Crippen molar-refractivity contribution in [3.8, 4) is 0 Å². The molecule has 0 radical (unpaired) electrons. The first-order chi connectivity index (χ1) is 8.18. The second-order valence-electron chi connectivity index (χ2n) is 4.25. The molecule has 90 valence electrons. The van der Waals surface area contributed by atoms with Gasteiger partial charge in [0.2, 0.25) is 5.91 Å². The van der Waals surface area contributed by atoms with E-state index < -0.39 is 0 Å². The summed E-state index contributed by atoms with van der Waals surface area (Å²) in [6.07, 6.45) is 0.809. The van der Waals surface area contributed by atoms with Gasteiger partial charge in [-0.1, -0.05) is 18.2 Å². The van der Waals surface area contributed by atoms with E-state index in [2.05, 4.69) is 5.32 Å². The zero-order valence-corrected chi connectivity index (χ0v) is 9.90. The van der Waals surface area contributed by atoms with E-state index in [-0.39, 0.29) is 18.4 Å². The molecule has 0 bridgehead atoms. The van der Waals surface area contributed by atoms with Gasteiger partial charge in [-0.15, -0.1) is 0 Å². The second-order valence-corrected chi connectivity index (χ2v) is 4.25. The van der Waals surface area contributed by atoms with E-state index in [4.69, 9.17) is 0 Å². The van der Waals surface area contributed by atoms with Crippen molar-refractivity contribution in [2.75, 3.05) is 19.6 Å². The molecule has 2 amide bonds. The Morgan fingerprint density at radius 2 is 2.12 bits per heavy atom. The van der Waals surface area contributed by atoms with Crippen LogP contribution in [0.5, 0.6) is 0 Å². The van der Waals surface area contributed by atoms with Gasteiger partial charge >= 0.3 is 0 Å². The molecular weight excluding hydrogens is 216 g/mol. The highest BCUT2D eigenvalue weighted by atomic mass is 16.2. The molecule has 0 saturated carbocycles. The summed E-state index contributed by atoms with van der Waals surface area (Å²) in [7, 11) is 0. The molecule has 1 aliphatic rings. The minimum absolute atomic E-state index is 0.0554. The molecular formula is C13H16N2O2. The molecule has 4 nitrogen and oxygen atoms in total. The minimum atomic E-state index is -0.0792. The smallest absolute Gasteiger partial charge is 0.254 e. The number of carbonyl (C=O) groups excluding carboxylic acids is 2. The van der Waals surface area contributed by atoms with Crippen molar-refractivity contribution in [1.82, 2.24) is 10.2 Å². The number of benzene rings is 1. The predicted molar refractivity (Wildman–Crippen MR) is 64.7 cm³/mol. The Balaban J connectivity index is 2.19. The molecule has 1 aromatic rings. The Labute approximate surface area is 101 Å². The lowest BCUT2D eigenvalue weighted by molar-refractivity contribution is -0.121. The fourth-order valence-corrected chi connectivity index (χ4v) is 1.96. The average Bonchev–Trinajstić information content (AvgIpc) is 2.54. The van der Waals surface area contributed by atoms with E-state index in [0.717, 1.165) is 12.0 Å². The van der Waals surface area contributed by atoms with Gasteiger partial charge in [0.1, 0.15) is 0 Å². The van der Waals surface area contributed by atoms with E-state index in [1.54, 1.807) is 11.0 Å². The molecule has 1 N–H and O–H groups in total. The number of nitrogens with one attached hydrogen (secondary N) is 1. The molecule has 1 heterocycles. The van der Waals surface area contributed by atoms with Crippen LogP contribution in [-0.2, 0) is 4.79 Å². The molecule has 0 aromatic heterocycles. The Morgan fingerprint density at radius 1 is 1.35 bits per heavy atom. The number of rotatable bonds is 1. The fourth-order valence-electron chi connectivity index (χ4n) is 1.96. The Hall–Kier alpha value is -1.84. The fraction of sp³-hybridized carbons (Fsp3) is 0.385. The summed E-state index contributed by atoms with van der Waals surface area (Å²) in [5.41, 5.74) is 1.63. The third kappa shape index (κ3) is 2.64. The molecule has 4 heteroatoms. The van der Waals surface area contributed by atoms with Gasteiger partial charge in [0.05, 0.1) is 6.54 Å². The predicted octanol–water partition coefficient (Wildman–Crippen LogP) is 0.957. The summed E-state index contributed by atoms with van der Waals surface area (Å²) in [5, 5.41) is 2.76. The lowest BCUT2D eigenvalue weighted by Crippen LogP contribution is -2.37. The average molecular weight is 232 g/mol. The minimum Gasteiger partial charge on any atom is -0.354 e. The molecule has 0 spiro atoms. The number of hydrogen-bond donors (Lipinski definition) is 1. The zero-order valence-electron chi connectivity index (χ0n) is 9.90. The maximum Gasteiger partial charge on any atom is 0.254 e. The third-order valence-electron chi connectivity index (χ3n) is 2.92. The van der Waals surface area contributed by atoms with E-state index in [1.807, 2.05) is 25.1 Å². The van der Waals surface area contributed by atoms with Crippen molar-refractivity contribution in [3.05, 3.63) is 35.4 Å². The summed E-state index contributed by atoms with van der Waals surface area (Å²) in [6.45, 7) is 3.35. The Kier molecular flexibility index (Phi) is 3.42. The maximum absolute atomic E-state index is 12.3. The molecule has 17 heavy (non-hydrogen) atoms. The highest BCUT2D eigenvalue weighted by Gasteiger charge is 2.21.